The number of hydrogen-bond acceptors (Lipinski definition) is 4. The number of nitrogens with zero attached hydrogens (tertiary/aromatic N) is 4. The lowest BCUT2D eigenvalue weighted by Crippen LogP contribution is -2.31. The van der Waals surface area contributed by atoms with Crippen molar-refractivity contribution in [3.63, 3.8) is 0 Å². The maximum absolute atomic E-state index is 5.20. The van der Waals surface area contributed by atoms with E-state index in [1.807, 2.05) is 22.8 Å². The fourth-order valence-corrected chi connectivity index (χ4v) is 2.64. The molecule has 1 aliphatic rings. The summed E-state index contributed by atoms with van der Waals surface area (Å²) in [7, 11) is 3.85. The van der Waals surface area contributed by atoms with Crippen LogP contribution < -0.4 is 4.74 Å². The van der Waals surface area contributed by atoms with E-state index in [1.54, 1.807) is 7.11 Å². The maximum Gasteiger partial charge on any atom is 0.155 e. The van der Waals surface area contributed by atoms with E-state index in [-0.39, 0.29) is 0 Å². The summed E-state index contributed by atoms with van der Waals surface area (Å²) in [6.07, 6.45) is 5.35. The molecule has 0 saturated carbocycles. The molecule has 1 fully saturated rings. The molecule has 2 aromatic heterocycles. The van der Waals surface area contributed by atoms with E-state index in [1.165, 1.54) is 25.9 Å². The molecule has 1 aliphatic heterocycles. The van der Waals surface area contributed by atoms with Crippen LogP contribution in [-0.2, 0) is 6.42 Å². The van der Waals surface area contributed by atoms with E-state index < -0.39 is 0 Å². The van der Waals surface area contributed by atoms with Crippen LogP contribution in [0.3, 0.4) is 0 Å². The molecule has 2 aromatic rings. The molecule has 0 bridgehead atoms. The van der Waals surface area contributed by atoms with E-state index in [0.717, 1.165) is 29.6 Å². The Bertz CT molecular complexity index is 558. The minimum Gasteiger partial charge on any atom is -0.495 e. The fraction of sp³-hybridized carbons (Fsp3) is 0.571. The number of fused-ring (bicyclic) bond motifs is 1. The highest BCUT2D eigenvalue weighted by molar-refractivity contribution is 5.40. The zero-order valence-corrected chi connectivity index (χ0v) is 11.5. The van der Waals surface area contributed by atoms with Gasteiger partial charge >= 0.3 is 0 Å². The molecule has 19 heavy (non-hydrogen) atoms. The Kier molecular flexibility index (Phi) is 3.38. The largest absolute Gasteiger partial charge is 0.495 e. The van der Waals surface area contributed by atoms with E-state index in [4.69, 9.17) is 4.74 Å². The third-order valence-corrected chi connectivity index (χ3v) is 3.89. The number of ether oxygens (including phenoxy) is 1. The van der Waals surface area contributed by atoms with Crippen LogP contribution in [0.2, 0.25) is 0 Å². The van der Waals surface area contributed by atoms with Gasteiger partial charge in [-0.1, -0.05) is 0 Å². The smallest absolute Gasteiger partial charge is 0.155 e. The van der Waals surface area contributed by atoms with Crippen LogP contribution >= 0.6 is 0 Å². The van der Waals surface area contributed by atoms with Crippen molar-refractivity contribution in [2.24, 2.45) is 5.92 Å². The quantitative estimate of drug-likeness (QED) is 0.841. The molecule has 3 rings (SSSR count). The molecule has 0 spiro atoms. The van der Waals surface area contributed by atoms with Crippen molar-refractivity contribution in [2.75, 3.05) is 27.2 Å². The van der Waals surface area contributed by atoms with Crippen LogP contribution in [0.1, 0.15) is 18.7 Å². The second-order valence-electron chi connectivity index (χ2n) is 5.35. The van der Waals surface area contributed by atoms with Gasteiger partial charge in [-0.15, -0.1) is 0 Å². The van der Waals surface area contributed by atoms with Crippen LogP contribution in [0.15, 0.2) is 18.3 Å². The van der Waals surface area contributed by atoms with Crippen molar-refractivity contribution >= 4 is 5.65 Å². The SMILES string of the molecule is COc1ccc2nc(CC3CCN(C)CC3)nn2c1. The van der Waals surface area contributed by atoms with Gasteiger partial charge in [-0.2, -0.15) is 5.10 Å². The van der Waals surface area contributed by atoms with Crippen molar-refractivity contribution in [1.29, 1.82) is 0 Å². The highest BCUT2D eigenvalue weighted by Gasteiger charge is 2.18. The van der Waals surface area contributed by atoms with E-state index in [9.17, 15) is 0 Å². The number of hydrogen-bond donors (Lipinski definition) is 0. The van der Waals surface area contributed by atoms with E-state index >= 15 is 0 Å². The molecule has 102 valence electrons. The average molecular weight is 260 g/mol. The summed E-state index contributed by atoms with van der Waals surface area (Å²) in [5, 5.41) is 4.55. The van der Waals surface area contributed by atoms with Gasteiger partial charge in [0.15, 0.2) is 11.5 Å². The van der Waals surface area contributed by atoms with Crippen LogP contribution in [0.25, 0.3) is 5.65 Å². The molecule has 0 aliphatic carbocycles. The third kappa shape index (κ3) is 2.71. The molecular weight excluding hydrogens is 240 g/mol. The van der Waals surface area contributed by atoms with Gasteiger partial charge in [0.25, 0.3) is 0 Å². The molecule has 5 heteroatoms. The minimum absolute atomic E-state index is 0.718. The third-order valence-electron chi connectivity index (χ3n) is 3.89. The minimum atomic E-state index is 0.718. The molecule has 3 heterocycles. The molecule has 0 radical (unpaired) electrons. The van der Waals surface area contributed by atoms with Gasteiger partial charge in [-0.3, -0.25) is 0 Å². The predicted molar refractivity (Wildman–Crippen MR) is 73.5 cm³/mol. The lowest BCUT2D eigenvalue weighted by molar-refractivity contribution is 0.217. The summed E-state index contributed by atoms with van der Waals surface area (Å²) < 4.78 is 7.01. The number of pyridine rings is 1. The van der Waals surface area contributed by atoms with Crippen molar-refractivity contribution in [1.82, 2.24) is 19.5 Å². The van der Waals surface area contributed by atoms with Crippen molar-refractivity contribution in [3.05, 3.63) is 24.2 Å². The number of likely N-dealkylation sites (tertiary alicyclic amines) is 1. The van der Waals surface area contributed by atoms with Gasteiger partial charge in [-0.25, -0.2) is 9.50 Å². The number of methoxy groups -OCH3 is 1. The highest BCUT2D eigenvalue weighted by atomic mass is 16.5. The number of rotatable bonds is 3. The lowest BCUT2D eigenvalue weighted by atomic mass is 9.94. The molecule has 0 aromatic carbocycles. The van der Waals surface area contributed by atoms with Gasteiger partial charge < -0.3 is 9.64 Å². The number of piperidine rings is 1. The van der Waals surface area contributed by atoms with Gasteiger partial charge in [0.2, 0.25) is 0 Å². The molecule has 5 nitrogen and oxygen atoms in total. The summed E-state index contributed by atoms with van der Waals surface area (Å²) in [6.45, 7) is 2.37. The van der Waals surface area contributed by atoms with Crippen LogP contribution in [-0.4, -0.2) is 46.7 Å². The lowest BCUT2D eigenvalue weighted by Gasteiger charge is -2.28. The Morgan fingerprint density at radius 1 is 1.32 bits per heavy atom. The first-order valence-electron chi connectivity index (χ1n) is 6.82. The fourth-order valence-electron chi connectivity index (χ4n) is 2.64. The summed E-state index contributed by atoms with van der Waals surface area (Å²) in [5.74, 6) is 2.47. The van der Waals surface area contributed by atoms with Crippen LogP contribution in [0, 0.1) is 5.92 Å². The first-order chi connectivity index (χ1) is 9.24. The first kappa shape index (κ1) is 12.4. The van der Waals surface area contributed by atoms with Crippen LogP contribution in [0.5, 0.6) is 5.75 Å². The van der Waals surface area contributed by atoms with Crippen molar-refractivity contribution < 1.29 is 4.74 Å². The molecule has 0 atom stereocenters. The topological polar surface area (TPSA) is 42.7 Å². The summed E-state index contributed by atoms with van der Waals surface area (Å²) in [6, 6.07) is 3.87. The Labute approximate surface area is 113 Å². The van der Waals surface area contributed by atoms with Gasteiger partial charge in [-0.05, 0) is 51.0 Å². The Morgan fingerprint density at radius 3 is 2.84 bits per heavy atom. The van der Waals surface area contributed by atoms with Crippen molar-refractivity contribution in [2.45, 2.75) is 19.3 Å². The molecule has 0 amide bonds. The predicted octanol–water partition coefficient (Wildman–Crippen LogP) is 1.62. The second-order valence-corrected chi connectivity index (χ2v) is 5.35. The Balaban J connectivity index is 1.74. The zero-order valence-electron chi connectivity index (χ0n) is 11.5. The van der Waals surface area contributed by atoms with E-state index in [0.29, 0.717) is 0 Å². The van der Waals surface area contributed by atoms with Gasteiger partial charge in [0.1, 0.15) is 5.75 Å². The monoisotopic (exact) mass is 260 g/mol. The summed E-state index contributed by atoms with van der Waals surface area (Å²) in [5.41, 5.74) is 0.892. The van der Waals surface area contributed by atoms with Crippen molar-refractivity contribution in [3.8, 4) is 5.75 Å². The normalized spacial score (nSPS) is 18.0. The summed E-state index contributed by atoms with van der Waals surface area (Å²) >= 11 is 0. The van der Waals surface area contributed by atoms with Gasteiger partial charge in [0, 0.05) is 6.42 Å². The Hall–Kier alpha value is -1.62. The summed E-state index contributed by atoms with van der Waals surface area (Å²) in [4.78, 5) is 6.97. The van der Waals surface area contributed by atoms with E-state index in [2.05, 4.69) is 22.0 Å². The molecule has 0 unspecified atom stereocenters. The molecule has 0 N–H and O–H groups in total. The highest BCUT2D eigenvalue weighted by Crippen LogP contribution is 2.20. The second kappa shape index (κ2) is 5.17. The molecular formula is C14H20N4O. The maximum atomic E-state index is 5.20. The zero-order chi connectivity index (χ0) is 13.2. The molecule has 1 saturated heterocycles. The Morgan fingerprint density at radius 2 is 2.11 bits per heavy atom. The van der Waals surface area contributed by atoms with Crippen LogP contribution in [0.4, 0.5) is 0 Å². The standard InChI is InChI=1S/C14H20N4O/c1-17-7-5-11(6-8-17)9-13-15-14-4-3-12(19-2)10-18(14)16-13/h3-4,10-11H,5-9H2,1-2H3. The van der Waals surface area contributed by atoms with Gasteiger partial charge in [0.05, 0.1) is 13.3 Å². The number of aromatic nitrogens is 3. The first-order valence-corrected chi connectivity index (χ1v) is 6.82. The average Bonchev–Trinajstić information content (AvgIpc) is 2.82.